The Kier molecular flexibility index (Phi) is 7.68. The van der Waals surface area contributed by atoms with Crippen molar-refractivity contribution in [3.05, 3.63) is 83.9 Å². The molecule has 0 heterocycles. The van der Waals surface area contributed by atoms with E-state index in [0.717, 1.165) is 0 Å². The van der Waals surface area contributed by atoms with E-state index in [0.29, 0.717) is 22.7 Å². The Morgan fingerprint density at radius 2 is 1.62 bits per heavy atom. The van der Waals surface area contributed by atoms with Gasteiger partial charge in [0.2, 0.25) is 0 Å². The molecule has 2 amide bonds. The Labute approximate surface area is 196 Å². The van der Waals surface area contributed by atoms with Crippen LogP contribution in [0, 0.1) is 11.3 Å². The number of carbonyl (C=O) groups is 2. The molecule has 0 aromatic heterocycles. The lowest BCUT2D eigenvalue weighted by Crippen LogP contribution is -2.43. The van der Waals surface area contributed by atoms with Gasteiger partial charge >= 0.3 is 0 Å². The van der Waals surface area contributed by atoms with Crippen LogP contribution in [0.25, 0.3) is 0 Å². The summed E-state index contributed by atoms with van der Waals surface area (Å²) in [7, 11) is -2.46. The molecule has 0 saturated carbocycles. The van der Waals surface area contributed by atoms with Gasteiger partial charge in [-0.1, -0.05) is 6.07 Å². The topological polar surface area (TPSA) is 147 Å². The molecule has 0 fully saturated rings. The summed E-state index contributed by atoms with van der Waals surface area (Å²) < 4.78 is 38.1. The van der Waals surface area contributed by atoms with Gasteiger partial charge in [0.1, 0.15) is 11.5 Å². The average molecular weight is 481 g/mol. The van der Waals surface area contributed by atoms with Crippen LogP contribution in [0.5, 0.6) is 11.5 Å². The minimum atomic E-state index is -3.96. The van der Waals surface area contributed by atoms with Crippen molar-refractivity contribution in [1.82, 2.24) is 10.9 Å². The van der Waals surface area contributed by atoms with Crippen LogP contribution >= 0.6 is 0 Å². The van der Waals surface area contributed by atoms with Gasteiger partial charge in [-0.05, 0) is 66.7 Å². The summed E-state index contributed by atoms with van der Waals surface area (Å²) in [6.45, 7) is -0.383. The third-order valence-electron chi connectivity index (χ3n) is 4.42. The van der Waals surface area contributed by atoms with E-state index in [4.69, 9.17) is 14.7 Å². The molecule has 11 heteroatoms. The predicted octanol–water partition coefficient (Wildman–Crippen LogP) is 2.21. The van der Waals surface area contributed by atoms with Crippen molar-refractivity contribution in [2.75, 3.05) is 18.4 Å². The molecule has 3 aromatic carbocycles. The van der Waals surface area contributed by atoms with Gasteiger partial charge < -0.3 is 9.47 Å². The van der Waals surface area contributed by atoms with Crippen molar-refractivity contribution in [3.8, 4) is 17.6 Å². The monoisotopic (exact) mass is 480 g/mol. The van der Waals surface area contributed by atoms with Crippen LogP contribution in [0.1, 0.15) is 15.9 Å². The van der Waals surface area contributed by atoms with Crippen LogP contribution in [-0.4, -0.2) is 33.9 Å². The lowest BCUT2D eigenvalue weighted by molar-refractivity contribution is -0.123. The number of hydrogen-bond acceptors (Lipinski definition) is 7. The highest BCUT2D eigenvalue weighted by atomic mass is 32.2. The molecule has 0 atom stereocenters. The number of methoxy groups -OCH3 is 1. The number of anilines is 1. The first kappa shape index (κ1) is 24.1. The second-order valence-electron chi connectivity index (χ2n) is 6.79. The molecule has 0 aliphatic heterocycles. The first-order valence-corrected chi connectivity index (χ1v) is 11.3. The zero-order chi connectivity index (χ0) is 24.6. The summed E-state index contributed by atoms with van der Waals surface area (Å²) in [6, 6.07) is 19.8. The fraction of sp³-hybridized carbons (Fsp3) is 0.0870. The smallest absolute Gasteiger partial charge is 0.276 e. The van der Waals surface area contributed by atoms with Gasteiger partial charge in [0, 0.05) is 11.3 Å². The van der Waals surface area contributed by atoms with E-state index < -0.39 is 21.8 Å². The van der Waals surface area contributed by atoms with E-state index in [1.54, 1.807) is 36.4 Å². The summed E-state index contributed by atoms with van der Waals surface area (Å²) in [5.74, 6) is -0.399. The molecule has 0 bridgehead atoms. The molecule has 0 unspecified atom stereocenters. The summed E-state index contributed by atoms with van der Waals surface area (Å²) >= 11 is 0. The van der Waals surface area contributed by atoms with E-state index in [1.165, 1.54) is 43.5 Å². The number of nitriles is 1. The third-order valence-corrected chi connectivity index (χ3v) is 5.80. The molecule has 3 aromatic rings. The van der Waals surface area contributed by atoms with Gasteiger partial charge in [0.15, 0.2) is 6.61 Å². The highest BCUT2D eigenvalue weighted by Crippen LogP contribution is 2.20. The van der Waals surface area contributed by atoms with Crippen LogP contribution in [0.4, 0.5) is 5.69 Å². The number of nitrogens with one attached hydrogen (secondary N) is 3. The molecule has 3 rings (SSSR count). The molecule has 0 aliphatic carbocycles. The lowest BCUT2D eigenvalue weighted by Gasteiger charge is -2.11. The largest absolute Gasteiger partial charge is 0.497 e. The summed E-state index contributed by atoms with van der Waals surface area (Å²) in [5.41, 5.74) is 5.19. The minimum absolute atomic E-state index is 0.0194. The number of nitrogens with zero attached hydrogens (tertiary/aromatic N) is 1. The van der Waals surface area contributed by atoms with Gasteiger partial charge in [-0.2, -0.15) is 5.26 Å². The average Bonchev–Trinajstić information content (AvgIpc) is 2.86. The fourth-order valence-corrected chi connectivity index (χ4v) is 3.79. The maximum Gasteiger partial charge on any atom is 0.276 e. The normalized spacial score (nSPS) is 10.5. The van der Waals surface area contributed by atoms with Crippen LogP contribution in [0.3, 0.4) is 0 Å². The maximum atomic E-state index is 12.7. The van der Waals surface area contributed by atoms with Gasteiger partial charge in [-0.3, -0.25) is 25.2 Å². The molecule has 0 spiro atoms. The van der Waals surface area contributed by atoms with Crippen LogP contribution < -0.4 is 25.0 Å². The van der Waals surface area contributed by atoms with Crippen LogP contribution in [0.15, 0.2) is 77.7 Å². The van der Waals surface area contributed by atoms with Crippen molar-refractivity contribution in [1.29, 1.82) is 5.26 Å². The summed E-state index contributed by atoms with van der Waals surface area (Å²) in [6.07, 6.45) is 0. The van der Waals surface area contributed by atoms with E-state index in [-0.39, 0.29) is 17.1 Å². The Hall–Kier alpha value is -4.56. The Morgan fingerprint density at radius 1 is 0.941 bits per heavy atom. The van der Waals surface area contributed by atoms with Crippen molar-refractivity contribution in [2.24, 2.45) is 0 Å². The summed E-state index contributed by atoms with van der Waals surface area (Å²) in [4.78, 5) is 24.2. The van der Waals surface area contributed by atoms with E-state index >= 15 is 0 Å². The number of amides is 2. The number of benzene rings is 3. The van der Waals surface area contributed by atoms with Crippen molar-refractivity contribution in [2.45, 2.75) is 4.90 Å². The zero-order valence-corrected chi connectivity index (χ0v) is 18.8. The van der Waals surface area contributed by atoms with Gasteiger partial charge in [-0.25, -0.2) is 8.42 Å². The van der Waals surface area contributed by atoms with E-state index in [9.17, 15) is 18.0 Å². The Balaban J connectivity index is 1.56. The number of ether oxygens (including phenoxy) is 2. The number of hydrazine groups is 1. The van der Waals surface area contributed by atoms with Gasteiger partial charge in [0.05, 0.1) is 23.6 Å². The second-order valence-corrected chi connectivity index (χ2v) is 8.47. The van der Waals surface area contributed by atoms with Crippen LogP contribution in [-0.2, 0) is 14.8 Å². The molecule has 0 saturated heterocycles. The van der Waals surface area contributed by atoms with Crippen LogP contribution in [0.2, 0.25) is 0 Å². The van der Waals surface area contributed by atoms with E-state index in [1.807, 2.05) is 6.07 Å². The second kappa shape index (κ2) is 10.8. The highest BCUT2D eigenvalue weighted by molar-refractivity contribution is 7.92. The maximum absolute atomic E-state index is 12.7. The minimum Gasteiger partial charge on any atom is -0.497 e. The number of rotatable bonds is 8. The number of hydrogen-bond donors (Lipinski definition) is 3. The van der Waals surface area contributed by atoms with Gasteiger partial charge in [-0.15, -0.1) is 0 Å². The SMILES string of the molecule is COc1ccc(NS(=O)(=O)c2cccc(C(=O)NNC(=O)COc3ccc(C#N)cc3)c2)cc1. The molecule has 0 aliphatic rings. The Bertz CT molecular complexity index is 1320. The molecular weight excluding hydrogens is 460 g/mol. The first-order valence-electron chi connectivity index (χ1n) is 9.80. The fourth-order valence-electron chi connectivity index (χ4n) is 2.69. The van der Waals surface area contributed by atoms with E-state index in [2.05, 4.69) is 15.6 Å². The van der Waals surface area contributed by atoms with Crippen molar-refractivity contribution < 1.29 is 27.5 Å². The number of sulfonamides is 1. The predicted molar refractivity (Wildman–Crippen MR) is 123 cm³/mol. The van der Waals surface area contributed by atoms with Crippen molar-refractivity contribution in [3.63, 3.8) is 0 Å². The molecule has 10 nitrogen and oxygen atoms in total. The molecule has 174 valence electrons. The highest BCUT2D eigenvalue weighted by Gasteiger charge is 2.17. The van der Waals surface area contributed by atoms with Crippen molar-refractivity contribution >= 4 is 27.5 Å². The number of carbonyl (C=O) groups excluding carboxylic acids is 2. The standard InChI is InChI=1S/C23H20N4O6S/c1-32-19-11-7-18(8-12-19)27-34(30,31)21-4-2-3-17(13-21)23(29)26-25-22(28)15-33-20-9-5-16(14-24)6-10-20/h2-13,27H,15H2,1H3,(H,25,28)(H,26,29). The Morgan fingerprint density at radius 3 is 2.26 bits per heavy atom. The third kappa shape index (κ3) is 6.47. The zero-order valence-electron chi connectivity index (χ0n) is 17.9. The molecule has 0 radical (unpaired) electrons. The molecular formula is C23H20N4O6S. The van der Waals surface area contributed by atoms with Gasteiger partial charge in [0.25, 0.3) is 21.8 Å². The molecule has 3 N–H and O–H groups in total. The quantitative estimate of drug-likeness (QED) is 0.419. The lowest BCUT2D eigenvalue weighted by atomic mass is 10.2. The first-order chi connectivity index (χ1) is 16.3. The molecule has 34 heavy (non-hydrogen) atoms. The summed E-state index contributed by atoms with van der Waals surface area (Å²) in [5, 5.41) is 8.77.